The maximum atomic E-state index is 13.7. The number of nitrogens with one attached hydrogen (secondary N) is 2. The predicted octanol–water partition coefficient (Wildman–Crippen LogP) is -7.06. The van der Waals surface area contributed by atoms with Gasteiger partial charge in [-0.05, 0) is 40.5 Å². The van der Waals surface area contributed by atoms with Crippen molar-refractivity contribution < 1.29 is 92.7 Å². The lowest BCUT2D eigenvalue weighted by Gasteiger charge is -2.45. The molecule has 2 aliphatic heterocycles. The van der Waals surface area contributed by atoms with Crippen LogP contribution in [-0.2, 0) is 62.0 Å². The Morgan fingerprint density at radius 1 is 0.646 bits per heavy atom. The molecule has 0 spiro atoms. The first-order chi connectivity index (χ1) is 30.2. The number of rotatable bonds is 25. The molecule has 0 saturated carbocycles. The lowest BCUT2D eigenvalue weighted by Crippen LogP contribution is -2.66. The number of nitrogens with two attached hydrogens (primary N) is 4. The van der Waals surface area contributed by atoms with Gasteiger partial charge in [0.25, 0.3) is 0 Å². The number of carboxylic acid groups (broad SMARTS) is 1. The monoisotopic (exact) mass is 938 g/mol. The van der Waals surface area contributed by atoms with E-state index in [0.29, 0.717) is 0 Å². The van der Waals surface area contributed by atoms with Gasteiger partial charge >= 0.3 is 11.9 Å². The van der Waals surface area contributed by atoms with E-state index in [1.807, 2.05) is 0 Å². The number of primary amides is 2. The number of carbonyl (C=O) groups is 8. The van der Waals surface area contributed by atoms with Crippen LogP contribution in [0.1, 0.15) is 67.2 Å². The van der Waals surface area contributed by atoms with Gasteiger partial charge < -0.3 is 97.7 Å². The van der Waals surface area contributed by atoms with E-state index in [0.717, 1.165) is 23.6 Å². The van der Waals surface area contributed by atoms with Crippen LogP contribution in [0.2, 0.25) is 0 Å². The fraction of sp³-hybridized carbons (Fsp3) is 0.789. The van der Waals surface area contributed by atoms with E-state index in [1.165, 1.54) is 27.7 Å². The first-order valence-electron chi connectivity index (χ1n) is 20.8. The summed E-state index contributed by atoms with van der Waals surface area (Å²) in [7, 11) is 0. The number of carbonyl (C=O) groups excluding carboxylic acids is 7. The molecule has 6 amide bonds. The molecule has 372 valence electrons. The van der Waals surface area contributed by atoms with Gasteiger partial charge in [0.1, 0.15) is 54.7 Å². The van der Waals surface area contributed by atoms with E-state index in [9.17, 15) is 69.0 Å². The molecule has 2 heterocycles. The van der Waals surface area contributed by atoms with Gasteiger partial charge in [0.15, 0.2) is 18.7 Å². The van der Waals surface area contributed by atoms with Crippen molar-refractivity contribution in [1.29, 1.82) is 0 Å². The zero-order valence-corrected chi connectivity index (χ0v) is 37.1. The molecule has 0 aliphatic carbocycles. The molecule has 0 radical (unpaired) electrons. The molecule has 2 rings (SSSR count). The van der Waals surface area contributed by atoms with E-state index in [-0.39, 0.29) is 0 Å². The summed E-state index contributed by atoms with van der Waals surface area (Å²) in [5.74, 6) is -7.57. The number of amides is 6. The molecule has 0 aromatic heterocycles. The van der Waals surface area contributed by atoms with Crippen molar-refractivity contribution in [2.75, 3.05) is 26.3 Å². The van der Waals surface area contributed by atoms with Crippen LogP contribution >= 0.6 is 0 Å². The lowest BCUT2D eigenvalue weighted by atomic mass is 9.95. The van der Waals surface area contributed by atoms with Gasteiger partial charge in [-0.3, -0.25) is 38.4 Å². The van der Waals surface area contributed by atoms with Crippen molar-refractivity contribution in [3.05, 3.63) is 0 Å². The highest BCUT2D eigenvalue weighted by Gasteiger charge is 2.50. The second kappa shape index (κ2) is 25.9. The molecule has 2 fully saturated rings. The predicted molar refractivity (Wildman–Crippen MR) is 218 cm³/mol. The number of hydrogen-bond donors (Lipinski definition) is 12. The van der Waals surface area contributed by atoms with Crippen LogP contribution < -0.4 is 33.6 Å². The highest BCUT2D eigenvalue weighted by Crippen LogP contribution is 2.28. The lowest BCUT2D eigenvalue weighted by molar-refractivity contribution is -0.273. The molecule has 65 heavy (non-hydrogen) atoms. The third-order valence-electron chi connectivity index (χ3n) is 10.4. The van der Waals surface area contributed by atoms with Gasteiger partial charge in [-0.1, -0.05) is 0 Å². The Bertz CT molecular complexity index is 1660. The maximum Gasteiger partial charge on any atom is 0.306 e. The Kier molecular flexibility index (Phi) is 22.5. The maximum absolute atomic E-state index is 13.7. The molecular formula is C38H66N8O19. The van der Waals surface area contributed by atoms with Gasteiger partial charge in [-0.25, -0.2) is 0 Å². The van der Waals surface area contributed by atoms with Crippen molar-refractivity contribution >= 4 is 47.4 Å². The van der Waals surface area contributed by atoms with Crippen LogP contribution in [0.4, 0.5) is 0 Å². The molecule has 2 unspecified atom stereocenters. The summed E-state index contributed by atoms with van der Waals surface area (Å²) >= 11 is 0. The fourth-order valence-corrected chi connectivity index (χ4v) is 7.46. The molecule has 27 heteroatoms. The summed E-state index contributed by atoms with van der Waals surface area (Å²) in [6.45, 7) is 5.04. The molecule has 0 aromatic carbocycles. The number of ether oxygens (including phenoxy) is 5. The van der Waals surface area contributed by atoms with Crippen LogP contribution in [0, 0.1) is 0 Å². The van der Waals surface area contributed by atoms with Gasteiger partial charge in [0.2, 0.25) is 35.4 Å². The Morgan fingerprint density at radius 3 is 1.43 bits per heavy atom. The summed E-state index contributed by atoms with van der Waals surface area (Å²) in [5.41, 5.74) is 23.0. The number of aliphatic hydroxyl groups excluding tert-OH is 5. The third-order valence-corrected chi connectivity index (χ3v) is 10.4. The van der Waals surface area contributed by atoms with E-state index >= 15 is 0 Å². The zero-order valence-electron chi connectivity index (χ0n) is 37.1. The highest BCUT2D eigenvalue weighted by atomic mass is 16.7. The second-order valence-electron chi connectivity index (χ2n) is 16.1. The van der Waals surface area contributed by atoms with Gasteiger partial charge in [-0.15, -0.1) is 0 Å². The molecule has 0 aromatic rings. The number of hydrogen-bond acceptors (Lipinski definition) is 20. The standard InChI is InChI=1S/C38H66N8O19/c1-15(61-31-27(43-19(5)49)37(59)63-23(13-47)29(31)54)11-46(36(58)18(4)40)22(34(42)56)8-10-26(53)65-30-24(14-48)64-38(60)28(44-20(6)50)32(30)62-16(2)12-45(35(57)17(3)39)21(33(41)55)7-9-25(51)52/h15-18,21-24,27-32,37-38,47-48,54,59-60H,7-14,39-40H2,1-6H3,(H2,41,55)(H2,42,56)(H,43,49)(H,44,50)(H,51,52)/t15?,16?,17-,18-,21+,22-,23+,24+,27+,28+,29+,30+,31+,32+,37-,38-/m0/s1. The molecule has 16 N–H and O–H groups in total. The van der Waals surface area contributed by atoms with Crippen LogP contribution in [0.25, 0.3) is 0 Å². The summed E-state index contributed by atoms with van der Waals surface area (Å²) in [6.07, 6.45) is -17.2. The summed E-state index contributed by atoms with van der Waals surface area (Å²) in [5, 5.41) is 66.4. The number of aliphatic carboxylic acids is 1. The first kappa shape index (κ1) is 56.4. The van der Waals surface area contributed by atoms with Crippen LogP contribution in [0.15, 0.2) is 0 Å². The zero-order chi connectivity index (χ0) is 49.6. The van der Waals surface area contributed by atoms with Crippen molar-refractivity contribution in [2.45, 2.75) is 165 Å². The Hall–Kier alpha value is -4.68. The minimum Gasteiger partial charge on any atom is -0.481 e. The first-order valence-corrected chi connectivity index (χ1v) is 20.8. The topological polar surface area (TPSA) is 439 Å². The number of esters is 1. The molecule has 27 nitrogen and oxygen atoms in total. The Labute approximate surface area is 374 Å². The van der Waals surface area contributed by atoms with E-state index in [1.54, 1.807) is 0 Å². The number of aliphatic hydroxyl groups is 5. The Morgan fingerprint density at radius 2 is 1.05 bits per heavy atom. The minimum absolute atomic E-state index is 0.397. The number of carboxylic acids is 1. The quantitative estimate of drug-likeness (QED) is 0.0378. The molecule has 2 saturated heterocycles. The third kappa shape index (κ3) is 16.3. The average molecular weight is 939 g/mol. The van der Waals surface area contributed by atoms with Crippen LogP contribution in [0.3, 0.4) is 0 Å². The number of nitrogens with zero attached hydrogens (tertiary/aromatic N) is 2. The molecule has 16 atom stereocenters. The second-order valence-corrected chi connectivity index (χ2v) is 16.1. The molecular weight excluding hydrogens is 872 g/mol. The minimum atomic E-state index is -1.88. The molecule has 0 bridgehead atoms. The summed E-state index contributed by atoms with van der Waals surface area (Å²) in [4.78, 5) is 103. The fourth-order valence-electron chi connectivity index (χ4n) is 7.46. The Balaban J connectivity index is 2.44. The van der Waals surface area contributed by atoms with E-state index in [4.69, 9.17) is 46.6 Å². The van der Waals surface area contributed by atoms with Gasteiger partial charge in [-0.2, -0.15) is 0 Å². The van der Waals surface area contributed by atoms with Crippen LogP contribution in [0.5, 0.6) is 0 Å². The SMILES string of the molecule is CC(=O)N[C@@H]1[C@@H](OC(C)CN(C(=O)[C@H](C)N)[C@H](CCC(=O)O)C(N)=O)[C@H](OC(=O)CC[C@@H](C(N)=O)N(CC(C)O[C@H]2[C@H](O)[C@@H](CO)O[C@H](O)[C@@H]2NC(C)=O)C(=O)[C@H](C)N)[C@@H](CO)O[C@@H]1O. The van der Waals surface area contributed by atoms with E-state index in [2.05, 4.69) is 10.6 Å². The largest absolute Gasteiger partial charge is 0.481 e. The van der Waals surface area contributed by atoms with Crippen molar-refractivity contribution in [3.63, 3.8) is 0 Å². The van der Waals surface area contributed by atoms with Gasteiger partial charge in [0.05, 0.1) is 37.5 Å². The van der Waals surface area contributed by atoms with Crippen molar-refractivity contribution in [1.82, 2.24) is 20.4 Å². The normalized spacial score (nSPS) is 28.3. The molecule has 2 aliphatic rings. The smallest absolute Gasteiger partial charge is 0.306 e. The summed E-state index contributed by atoms with van der Waals surface area (Å²) < 4.78 is 28.5. The average Bonchev–Trinajstić information content (AvgIpc) is 3.20. The van der Waals surface area contributed by atoms with Crippen LogP contribution in [-0.4, -0.2) is 212 Å². The summed E-state index contributed by atoms with van der Waals surface area (Å²) in [6, 6.07) is -8.36. The highest BCUT2D eigenvalue weighted by molar-refractivity contribution is 5.90. The van der Waals surface area contributed by atoms with Crippen molar-refractivity contribution in [2.24, 2.45) is 22.9 Å². The van der Waals surface area contributed by atoms with Crippen molar-refractivity contribution in [3.8, 4) is 0 Å². The van der Waals surface area contributed by atoms with Gasteiger partial charge in [0, 0.05) is 39.8 Å². The van der Waals surface area contributed by atoms with E-state index < -0.39 is 197 Å².